The molecule has 8 nitrogen and oxygen atoms in total. The summed E-state index contributed by atoms with van der Waals surface area (Å²) in [6.45, 7) is -0.250. The quantitative estimate of drug-likeness (QED) is 0.210. The van der Waals surface area contributed by atoms with Crippen LogP contribution in [0.3, 0.4) is 0 Å². The number of hydrogen-bond donors (Lipinski definition) is 3. The highest BCUT2D eigenvalue weighted by Gasteiger charge is 1.84. The Hall–Kier alpha value is 0.0262. The van der Waals surface area contributed by atoms with Gasteiger partial charge < -0.3 is 16.1 Å². The van der Waals surface area contributed by atoms with Gasteiger partial charge in [-0.25, -0.2) is 0 Å². The lowest BCUT2D eigenvalue weighted by atomic mass is 11.7. The van der Waals surface area contributed by atoms with Crippen LogP contribution in [0.1, 0.15) is 0 Å². The largest absolute Gasteiger partial charge is 0.483 e. The second-order valence-electron chi connectivity index (χ2n) is 0.553. The van der Waals surface area contributed by atoms with Crippen LogP contribution in [0.2, 0.25) is 0 Å². The lowest BCUT2D eigenvalue weighted by Crippen LogP contribution is -1.89. The monoisotopic (exact) mass is 206 g/mol. The topological polar surface area (TPSA) is 175 Å². The van der Waals surface area contributed by atoms with Gasteiger partial charge in [-0.1, -0.05) is 0 Å². The Balaban J connectivity index is -0.0000000183. The number of rotatable bonds is 0. The van der Waals surface area contributed by atoms with Gasteiger partial charge in [-0.3, -0.25) is 13.9 Å². The van der Waals surface area contributed by atoms with Crippen molar-refractivity contribution in [3.63, 3.8) is 0 Å². The van der Waals surface area contributed by atoms with Gasteiger partial charge in [0.1, 0.15) is 0 Å². The van der Waals surface area contributed by atoms with E-state index in [0.29, 0.717) is 0 Å². The van der Waals surface area contributed by atoms with E-state index >= 15 is 0 Å². The molecular formula is CH10MgO8S. The first kappa shape index (κ1) is 30.5. The Bertz CT molecular complexity index is 128. The van der Waals surface area contributed by atoms with Crippen LogP contribution in [0.25, 0.3) is 0 Å². The standard InChI is InChI=1S/CH2O2.Mg.H2O4S.2H2O.2H/c2-1-3;;1-5(2,3)4;;;;/h1H,(H,2,3);;(H2,1,2,3,4);2*1H2;;. The average molecular weight is 206 g/mol. The summed E-state index contributed by atoms with van der Waals surface area (Å²) in [5, 5.41) is 6.89. The molecule has 0 aliphatic carbocycles. The zero-order valence-corrected chi connectivity index (χ0v) is 5.37. The zero-order chi connectivity index (χ0) is 7.21. The van der Waals surface area contributed by atoms with Crippen molar-refractivity contribution in [2.45, 2.75) is 0 Å². The van der Waals surface area contributed by atoms with Gasteiger partial charge in [0.15, 0.2) is 0 Å². The minimum Gasteiger partial charge on any atom is -0.483 e. The van der Waals surface area contributed by atoms with Crippen molar-refractivity contribution in [1.82, 2.24) is 0 Å². The maximum absolute atomic E-state index is 8.74. The van der Waals surface area contributed by atoms with Crippen molar-refractivity contribution in [3.05, 3.63) is 0 Å². The minimum atomic E-state index is -4.67. The molecule has 0 rings (SSSR count). The van der Waals surface area contributed by atoms with Gasteiger partial charge in [0.05, 0.1) is 0 Å². The first-order valence-electron chi connectivity index (χ1n) is 1.19. The highest BCUT2D eigenvalue weighted by Crippen LogP contribution is 1.59. The first-order chi connectivity index (χ1) is 3.41. The number of hydrogen-bond acceptors (Lipinski definition) is 3. The van der Waals surface area contributed by atoms with E-state index in [4.69, 9.17) is 27.4 Å². The van der Waals surface area contributed by atoms with Crippen LogP contribution in [0.5, 0.6) is 0 Å². The molecule has 0 aromatic carbocycles. The Morgan fingerprint density at radius 3 is 1.09 bits per heavy atom. The summed E-state index contributed by atoms with van der Waals surface area (Å²) in [5.74, 6) is 0. The molecule has 0 amide bonds. The van der Waals surface area contributed by atoms with Crippen LogP contribution in [0.15, 0.2) is 0 Å². The van der Waals surface area contributed by atoms with Crippen LogP contribution in [-0.4, -0.2) is 63.1 Å². The molecule has 0 bridgehead atoms. The van der Waals surface area contributed by atoms with Crippen molar-refractivity contribution in [3.8, 4) is 0 Å². The molecule has 10 heteroatoms. The van der Waals surface area contributed by atoms with E-state index in [-0.39, 0.29) is 40.5 Å². The Morgan fingerprint density at radius 2 is 1.09 bits per heavy atom. The van der Waals surface area contributed by atoms with Crippen molar-refractivity contribution in [1.29, 1.82) is 0 Å². The fourth-order valence-electron chi connectivity index (χ4n) is 0. The first-order valence-corrected chi connectivity index (χ1v) is 2.59. The summed E-state index contributed by atoms with van der Waals surface area (Å²) < 4.78 is 31.6. The normalized spacial score (nSPS) is 6.36. The predicted molar refractivity (Wildman–Crippen MR) is 38.6 cm³/mol. The maximum atomic E-state index is 8.74. The van der Waals surface area contributed by atoms with E-state index < -0.39 is 10.4 Å². The van der Waals surface area contributed by atoms with Crippen LogP contribution in [0, 0.1) is 0 Å². The molecule has 0 spiro atoms. The molecule has 11 heavy (non-hydrogen) atoms. The maximum Gasteiger partial charge on any atom is 0.394 e. The summed E-state index contributed by atoms with van der Waals surface area (Å²) in [4.78, 5) is 8.36. The van der Waals surface area contributed by atoms with Gasteiger partial charge in [-0.2, -0.15) is 8.42 Å². The highest BCUT2D eigenvalue weighted by atomic mass is 32.3. The fraction of sp³-hybridized carbons (Fsp3) is 0. The number of carbonyl (C=O) groups is 1. The molecule has 7 N–H and O–H groups in total. The Labute approximate surface area is 78.6 Å². The molecular weight excluding hydrogens is 196 g/mol. The zero-order valence-electron chi connectivity index (χ0n) is 4.55. The lowest BCUT2D eigenvalue weighted by Gasteiger charge is -1.68. The molecule has 0 fully saturated rings. The molecule has 0 aliphatic rings. The van der Waals surface area contributed by atoms with Gasteiger partial charge in [-0.15, -0.1) is 0 Å². The lowest BCUT2D eigenvalue weighted by molar-refractivity contribution is -0.122. The van der Waals surface area contributed by atoms with Gasteiger partial charge in [0.25, 0.3) is 6.47 Å². The van der Waals surface area contributed by atoms with E-state index in [1.54, 1.807) is 0 Å². The van der Waals surface area contributed by atoms with Crippen molar-refractivity contribution >= 4 is 39.9 Å². The summed E-state index contributed by atoms with van der Waals surface area (Å²) in [5.41, 5.74) is 0. The van der Waals surface area contributed by atoms with E-state index in [1.807, 2.05) is 0 Å². The van der Waals surface area contributed by atoms with Crippen LogP contribution in [-0.2, 0) is 15.2 Å². The Morgan fingerprint density at radius 1 is 1.09 bits per heavy atom. The van der Waals surface area contributed by atoms with Gasteiger partial charge in [0.2, 0.25) is 0 Å². The summed E-state index contributed by atoms with van der Waals surface area (Å²) in [7, 11) is -4.67. The van der Waals surface area contributed by atoms with Gasteiger partial charge in [0, 0.05) is 0 Å². The molecule has 70 valence electrons. The predicted octanol–water partition coefficient (Wildman–Crippen LogP) is -3.52. The third kappa shape index (κ3) is 939000. The molecule has 0 aromatic heterocycles. The molecule has 0 saturated carbocycles. The van der Waals surface area contributed by atoms with E-state index in [2.05, 4.69) is 0 Å². The molecule has 0 atom stereocenters. The van der Waals surface area contributed by atoms with E-state index in [1.165, 1.54) is 0 Å². The Kier molecular flexibility index (Phi) is 45.9. The molecule has 0 saturated heterocycles. The molecule has 0 unspecified atom stereocenters. The third-order valence-corrected chi connectivity index (χ3v) is 0. The second-order valence-corrected chi connectivity index (χ2v) is 1.45. The second kappa shape index (κ2) is 16.5. The van der Waals surface area contributed by atoms with E-state index in [0.717, 1.165) is 0 Å². The van der Waals surface area contributed by atoms with Gasteiger partial charge in [-0.05, 0) is 0 Å². The summed E-state index contributed by atoms with van der Waals surface area (Å²) in [6, 6.07) is 0. The van der Waals surface area contributed by atoms with Crippen molar-refractivity contribution < 1.29 is 38.4 Å². The summed E-state index contributed by atoms with van der Waals surface area (Å²) in [6.07, 6.45) is 0. The smallest absolute Gasteiger partial charge is 0.394 e. The molecule has 0 radical (unpaired) electrons. The minimum absolute atomic E-state index is 0. The molecule has 0 aromatic rings. The molecule has 0 aliphatic heterocycles. The molecule has 0 heterocycles. The highest BCUT2D eigenvalue weighted by molar-refractivity contribution is 7.79. The van der Waals surface area contributed by atoms with Crippen LogP contribution < -0.4 is 0 Å². The van der Waals surface area contributed by atoms with Crippen molar-refractivity contribution in [2.75, 3.05) is 0 Å². The van der Waals surface area contributed by atoms with E-state index in [9.17, 15) is 0 Å². The fourth-order valence-corrected chi connectivity index (χ4v) is 0. The van der Waals surface area contributed by atoms with Crippen LogP contribution >= 0.6 is 0 Å². The van der Waals surface area contributed by atoms with Gasteiger partial charge >= 0.3 is 33.5 Å². The average Bonchev–Trinajstić information content (AvgIpc) is 1.27. The SMILES string of the molecule is O.O.O=CO.O=S(=O)(O)O.[MgH2]. The third-order valence-electron chi connectivity index (χ3n) is 0. The summed E-state index contributed by atoms with van der Waals surface area (Å²) >= 11 is 0. The van der Waals surface area contributed by atoms with Crippen LogP contribution in [0.4, 0.5) is 0 Å². The number of carboxylic acid groups (broad SMARTS) is 1. The van der Waals surface area contributed by atoms with Crippen molar-refractivity contribution in [2.24, 2.45) is 0 Å².